The molecule has 0 radical (unpaired) electrons. The summed E-state index contributed by atoms with van der Waals surface area (Å²) in [5.41, 5.74) is 2.16. The molecule has 1 aromatic rings. The largest absolute Gasteiger partial charge is 0.476 e. The van der Waals surface area contributed by atoms with Gasteiger partial charge in [-0.2, -0.15) is 4.37 Å². The highest BCUT2D eigenvalue weighted by molar-refractivity contribution is 6.99. The Morgan fingerprint density at radius 1 is 1.41 bits per heavy atom. The Bertz CT molecular complexity index is 546. The van der Waals surface area contributed by atoms with Crippen molar-refractivity contribution in [2.24, 2.45) is 0 Å². The van der Waals surface area contributed by atoms with Crippen LogP contribution in [-0.4, -0.2) is 62.0 Å². The van der Waals surface area contributed by atoms with Gasteiger partial charge in [0.25, 0.3) is 5.88 Å². The molecular formula is C13H19N3O5S. The molecule has 2 N–H and O–H groups in total. The highest BCUT2D eigenvalue weighted by Crippen LogP contribution is 2.28. The van der Waals surface area contributed by atoms with Gasteiger partial charge < -0.3 is 14.9 Å². The maximum Gasteiger partial charge on any atom is 0.414 e. The number of hydrogen-bond acceptors (Lipinski definition) is 7. The van der Waals surface area contributed by atoms with Gasteiger partial charge in [-0.1, -0.05) is 6.08 Å². The number of hydrogen-bond donors (Lipinski definition) is 2. The van der Waals surface area contributed by atoms with Gasteiger partial charge in [-0.3, -0.25) is 4.90 Å². The molecule has 0 spiro atoms. The van der Waals surface area contributed by atoms with E-state index in [0.717, 1.165) is 18.7 Å². The van der Waals surface area contributed by atoms with E-state index < -0.39 is 11.9 Å². The lowest BCUT2D eigenvalue weighted by Crippen LogP contribution is -2.33. The lowest BCUT2D eigenvalue weighted by Gasteiger charge is -2.29. The fourth-order valence-corrected chi connectivity index (χ4v) is 2.29. The summed E-state index contributed by atoms with van der Waals surface area (Å²) in [7, 11) is 2.14. The normalized spacial score (nSPS) is 18.0. The van der Waals surface area contributed by atoms with Crippen molar-refractivity contribution in [3.8, 4) is 5.88 Å². The van der Waals surface area contributed by atoms with Crippen molar-refractivity contribution in [1.82, 2.24) is 13.6 Å². The van der Waals surface area contributed by atoms with Crippen molar-refractivity contribution < 1.29 is 24.5 Å². The van der Waals surface area contributed by atoms with Crippen LogP contribution in [-0.2, 0) is 9.59 Å². The van der Waals surface area contributed by atoms with Crippen LogP contribution >= 0.6 is 11.7 Å². The quantitative estimate of drug-likeness (QED) is 0.795. The minimum absolute atomic E-state index is 0.603. The van der Waals surface area contributed by atoms with E-state index in [2.05, 4.69) is 33.7 Å². The highest BCUT2D eigenvalue weighted by Gasteiger charge is 2.21. The number of carboxylic acids is 2. The van der Waals surface area contributed by atoms with Crippen molar-refractivity contribution in [3.63, 3.8) is 0 Å². The summed E-state index contributed by atoms with van der Waals surface area (Å²) in [6.07, 6.45) is 3.32. The lowest BCUT2D eigenvalue weighted by atomic mass is 10.0. The molecule has 0 saturated carbocycles. The third kappa shape index (κ3) is 5.08. The summed E-state index contributed by atoms with van der Waals surface area (Å²) in [6, 6.07) is 0.603. The molecule has 0 bridgehead atoms. The number of ether oxygens (including phenoxy) is 1. The molecule has 2 rings (SSSR count). The van der Waals surface area contributed by atoms with Gasteiger partial charge in [-0.25, -0.2) is 9.59 Å². The van der Waals surface area contributed by atoms with Crippen LogP contribution in [0.1, 0.15) is 26.0 Å². The Morgan fingerprint density at radius 2 is 2.05 bits per heavy atom. The number of nitrogens with zero attached hydrogens (tertiary/aromatic N) is 3. The van der Waals surface area contributed by atoms with Gasteiger partial charge in [-0.15, -0.1) is 4.37 Å². The minimum atomic E-state index is -1.82. The second-order valence-electron chi connectivity index (χ2n) is 4.69. The van der Waals surface area contributed by atoms with Crippen LogP contribution < -0.4 is 4.74 Å². The topological polar surface area (TPSA) is 113 Å². The number of carbonyl (C=O) groups is 2. The van der Waals surface area contributed by atoms with Gasteiger partial charge in [0.2, 0.25) is 0 Å². The third-order valence-electron chi connectivity index (χ3n) is 3.10. The first kappa shape index (κ1) is 18.1. The van der Waals surface area contributed by atoms with Crippen LogP contribution in [0, 0.1) is 0 Å². The second kappa shape index (κ2) is 8.44. The summed E-state index contributed by atoms with van der Waals surface area (Å²) in [5.74, 6) is -2.97. The fraction of sp³-hybridized carbons (Fsp3) is 0.538. The first-order valence-corrected chi connectivity index (χ1v) is 7.41. The van der Waals surface area contributed by atoms with Crippen LogP contribution in [0.25, 0.3) is 5.57 Å². The molecule has 0 amide bonds. The van der Waals surface area contributed by atoms with E-state index in [1.165, 1.54) is 17.3 Å². The summed E-state index contributed by atoms with van der Waals surface area (Å²) in [6.45, 7) is 5.76. The first-order chi connectivity index (χ1) is 10.4. The predicted molar refractivity (Wildman–Crippen MR) is 81.0 cm³/mol. The Morgan fingerprint density at radius 3 is 2.55 bits per heavy atom. The molecule has 22 heavy (non-hydrogen) atoms. The maximum atomic E-state index is 9.10. The van der Waals surface area contributed by atoms with E-state index >= 15 is 0 Å². The molecule has 0 aliphatic carbocycles. The molecule has 1 aliphatic heterocycles. The van der Waals surface area contributed by atoms with Gasteiger partial charge in [0.05, 0.1) is 18.3 Å². The van der Waals surface area contributed by atoms with Crippen molar-refractivity contribution in [3.05, 3.63) is 11.8 Å². The van der Waals surface area contributed by atoms with E-state index in [1.807, 2.05) is 6.92 Å². The highest BCUT2D eigenvalue weighted by atomic mass is 32.1. The molecule has 2 heterocycles. The zero-order valence-corrected chi connectivity index (χ0v) is 13.5. The van der Waals surface area contributed by atoms with Crippen LogP contribution in [0.4, 0.5) is 0 Å². The maximum absolute atomic E-state index is 9.10. The lowest BCUT2D eigenvalue weighted by molar-refractivity contribution is -0.159. The molecule has 8 nitrogen and oxygen atoms in total. The van der Waals surface area contributed by atoms with Crippen molar-refractivity contribution in [2.45, 2.75) is 26.3 Å². The monoisotopic (exact) mass is 329 g/mol. The van der Waals surface area contributed by atoms with Gasteiger partial charge >= 0.3 is 11.9 Å². The SMILES string of the molecule is CCOc1nsnc1C1=CCC(C)N(C)C1.O=C(O)C(=O)O. The molecule has 0 saturated heterocycles. The molecule has 0 fully saturated rings. The number of rotatable bonds is 3. The van der Waals surface area contributed by atoms with Crippen molar-refractivity contribution >= 4 is 29.2 Å². The van der Waals surface area contributed by atoms with Crippen LogP contribution in [0.15, 0.2) is 6.08 Å². The molecule has 0 aromatic carbocycles. The Balaban J connectivity index is 0.000000346. The van der Waals surface area contributed by atoms with E-state index in [4.69, 9.17) is 24.5 Å². The van der Waals surface area contributed by atoms with E-state index in [-0.39, 0.29) is 0 Å². The molecular weight excluding hydrogens is 310 g/mol. The van der Waals surface area contributed by atoms with Gasteiger partial charge in [0.1, 0.15) is 5.69 Å². The second-order valence-corrected chi connectivity index (χ2v) is 5.22. The Labute approximate surface area is 132 Å². The van der Waals surface area contributed by atoms with Crippen LogP contribution in [0.3, 0.4) is 0 Å². The third-order valence-corrected chi connectivity index (χ3v) is 3.62. The zero-order chi connectivity index (χ0) is 16.7. The molecule has 9 heteroatoms. The van der Waals surface area contributed by atoms with E-state index in [9.17, 15) is 0 Å². The van der Waals surface area contributed by atoms with E-state index in [1.54, 1.807) is 0 Å². The molecule has 1 unspecified atom stereocenters. The van der Waals surface area contributed by atoms with Gasteiger partial charge in [-0.05, 0) is 32.9 Å². The molecule has 122 valence electrons. The fourth-order valence-electron chi connectivity index (χ4n) is 1.76. The van der Waals surface area contributed by atoms with Crippen molar-refractivity contribution in [2.75, 3.05) is 20.2 Å². The Hall–Kier alpha value is -2.00. The average molecular weight is 329 g/mol. The average Bonchev–Trinajstić information content (AvgIpc) is 2.91. The number of aliphatic carboxylic acids is 2. The first-order valence-electron chi connectivity index (χ1n) is 6.68. The Kier molecular flexibility index (Phi) is 6.93. The summed E-state index contributed by atoms with van der Waals surface area (Å²) >= 11 is 1.22. The summed E-state index contributed by atoms with van der Waals surface area (Å²) in [4.78, 5) is 20.5. The number of carboxylic acid groups (broad SMARTS) is 2. The van der Waals surface area contributed by atoms with Gasteiger partial charge in [0, 0.05) is 12.6 Å². The number of aromatic nitrogens is 2. The minimum Gasteiger partial charge on any atom is -0.476 e. The molecule has 1 aliphatic rings. The van der Waals surface area contributed by atoms with Crippen molar-refractivity contribution in [1.29, 1.82) is 0 Å². The standard InChI is InChI=1S/C11H17N3OS.C2H2O4/c1-4-15-11-10(12-16-13-11)9-6-5-8(2)14(3)7-9;3-1(4)2(5)6/h6,8H,4-5,7H2,1-3H3;(H,3,4)(H,5,6). The van der Waals surface area contributed by atoms with Crippen LogP contribution in [0.2, 0.25) is 0 Å². The summed E-state index contributed by atoms with van der Waals surface area (Å²) in [5, 5.41) is 14.8. The van der Waals surface area contributed by atoms with Crippen LogP contribution in [0.5, 0.6) is 5.88 Å². The predicted octanol–water partition coefficient (Wildman–Crippen LogP) is 1.20. The summed E-state index contributed by atoms with van der Waals surface area (Å²) < 4.78 is 14.0. The number of likely N-dealkylation sites (N-methyl/N-ethyl adjacent to an activating group) is 1. The van der Waals surface area contributed by atoms with E-state index in [0.29, 0.717) is 18.5 Å². The zero-order valence-electron chi connectivity index (χ0n) is 12.6. The smallest absolute Gasteiger partial charge is 0.414 e. The molecule has 1 atom stereocenters. The van der Waals surface area contributed by atoms with Gasteiger partial charge in [0.15, 0.2) is 0 Å². The molecule has 1 aromatic heterocycles.